The number of hydrogen-bond donors (Lipinski definition) is 1. The summed E-state index contributed by atoms with van der Waals surface area (Å²) in [6.45, 7) is 0.244. The smallest absolute Gasteiger partial charge is 0.161 e. The number of nitriles is 1. The number of carbonyl (C=O) groups is 1. The van der Waals surface area contributed by atoms with Crippen LogP contribution in [0.1, 0.15) is 36.3 Å². The Morgan fingerprint density at radius 1 is 1.19 bits per heavy atom. The first kappa shape index (κ1) is 21.4. The lowest BCUT2D eigenvalue weighted by molar-refractivity contribution is -0.116. The van der Waals surface area contributed by atoms with Gasteiger partial charge in [-0.05, 0) is 48.2 Å². The summed E-state index contributed by atoms with van der Waals surface area (Å²) in [5, 5.41) is 9.87. The summed E-state index contributed by atoms with van der Waals surface area (Å²) < 4.78 is 24.5. The summed E-state index contributed by atoms with van der Waals surface area (Å²) in [5.41, 5.74) is 9.71. The van der Waals surface area contributed by atoms with Crippen LogP contribution in [0.25, 0.3) is 0 Å². The third kappa shape index (κ3) is 3.80. The van der Waals surface area contributed by atoms with Crippen molar-refractivity contribution in [1.29, 1.82) is 5.26 Å². The third-order valence-corrected chi connectivity index (χ3v) is 6.00. The van der Waals surface area contributed by atoms with E-state index in [1.165, 1.54) is 19.2 Å². The van der Waals surface area contributed by atoms with Crippen LogP contribution in [0, 0.1) is 17.1 Å². The van der Waals surface area contributed by atoms with Gasteiger partial charge in [-0.25, -0.2) is 4.39 Å². The van der Waals surface area contributed by atoms with Crippen LogP contribution in [0.2, 0.25) is 0 Å². The predicted octanol–water partition coefficient (Wildman–Crippen LogP) is 4.14. The van der Waals surface area contributed by atoms with Crippen molar-refractivity contribution >= 4 is 5.78 Å². The lowest BCUT2D eigenvalue weighted by Gasteiger charge is -2.37. The van der Waals surface area contributed by atoms with Crippen molar-refractivity contribution in [2.45, 2.75) is 31.8 Å². The zero-order valence-electron chi connectivity index (χ0n) is 18.0. The maximum atomic E-state index is 13.1. The molecule has 0 spiro atoms. The van der Waals surface area contributed by atoms with Crippen molar-refractivity contribution in [2.24, 2.45) is 5.73 Å². The van der Waals surface area contributed by atoms with Gasteiger partial charge in [0.1, 0.15) is 18.2 Å². The molecule has 0 bridgehead atoms. The molecule has 7 heteroatoms. The largest absolute Gasteiger partial charge is 0.493 e. The van der Waals surface area contributed by atoms with Crippen molar-refractivity contribution in [1.82, 2.24) is 4.90 Å². The number of hydrogen-bond acceptors (Lipinski definition) is 6. The van der Waals surface area contributed by atoms with Gasteiger partial charge >= 0.3 is 0 Å². The fourth-order valence-corrected chi connectivity index (χ4v) is 4.32. The first-order chi connectivity index (χ1) is 15.4. The summed E-state index contributed by atoms with van der Waals surface area (Å²) in [5.74, 6) is 0.540. The van der Waals surface area contributed by atoms with Gasteiger partial charge < -0.3 is 20.1 Å². The van der Waals surface area contributed by atoms with Crippen molar-refractivity contribution in [3.8, 4) is 17.6 Å². The lowest BCUT2D eigenvalue weighted by atomic mass is 9.76. The van der Waals surface area contributed by atoms with E-state index in [0.717, 1.165) is 29.7 Å². The number of allylic oxidation sites excluding steroid dienone is 3. The van der Waals surface area contributed by atoms with Crippen molar-refractivity contribution in [3.05, 3.63) is 82.1 Å². The molecular formula is C25H24FN3O3. The number of ether oxygens (including phenoxy) is 2. The average Bonchev–Trinajstić information content (AvgIpc) is 2.81. The second-order valence-electron chi connectivity index (χ2n) is 7.87. The van der Waals surface area contributed by atoms with Gasteiger partial charge in [0.2, 0.25) is 0 Å². The molecule has 0 amide bonds. The normalized spacial score (nSPS) is 18.4. The summed E-state index contributed by atoms with van der Waals surface area (Å²) in [4.78, 5) is 14.7. The Balaban J connectivity index is 1.70. The molecule has 0 radical (unpaired) electrons. The Labute approximate surface area is 186 Å². The van der Waals surface area contributed by atoms with Crippen LogP contribution in [0.5, 0.6) is 11.5 Å². The number of rotatable bonds is 5. The number of nitrogens with two attached hydrogens (primary N) is 1. The Hall–Kier alpha value is -3.79. The van der Waals surface area contributed by atoms with Crippen molar-refractivity contribution in [2.75, 3.05) is 14.2 Å². The van der Waals surface area contributed by atoms with Gasteiger partial charge in [-0.15, -0.1) is 0 Å². The Morgan fingerprint density at radius 2 is 1.94 bits per heavy atom. The first-order valence-electron chi connectivity index (χ1n) is 10.4. The number of Topliss-reactive ketones (excluding diaryl/α,β-unsaturated/α-hetero) is 1. The quantitative estimate of drug-likeness (QED) is 0.762. The molecule has 1 aliphatic heterocycles. The number of halogens is 1. The first-order valence-corrected chi connectivity index (χ1v) is 10.4. The summed E-state index contributed by atoms with van der Waals surface area (Å²) >= 11 is 0. The van der Waals surface area contributed by atoms with E-state index < -0.39 is 5.92 Å². The van der Waals surface area contributed by atoms with E-state index in [1.807, 2.05) is 6.07 Å². The summed E-state index contributed by atoms with van der Waals surface area (Å²) in [6.07, 6.45) is 1.96. The van der Waals surface area contributed by atoms with Crippen LogP contribution in [0.15, 0.2) is 65.1 Å². The molecule has 0 unspecified atom stereocenters. The number of ketones is 1. The molecule has 2 N–H and O–H groups in total. The third-order valence-electron chi connectivity index (χ3n) is 6.00. The predicted molar refractivity (Wildman–Crippen MR) is 117 cm³/mol. The molecule has 1 atom stereocenters. The van der Waals surface area contributed by atoms with Crippen molar-refractivity contribution < 1.29 is 18.7 Å². The van der Waals surface area contributed by atoms with Gasteiger partial charge in [-0.3, -0.25) is 4.79 Å². The highest BCUT2D eigenvalue weighted by Gasteiger charge is 2.38. The highest BCUT2D eigenvalue weighted by molar-refractivity contribution is 5.99. The molecule has 0 aromatic heterocycles. The van der Waals surface area contributed by atoms with Gasteiger partial charge in [-0.1, -0.05) is 18.2 Å². The van der Waals surface area contributed by atoms with E-state index in [2.05, 4.69) is 6.07 Å². The zero-order valence-corrected chi connectivity index (χ0v) is 18.0. The Morgan fingerprint density at radius 3 is 2.62 bits per heavy atom. The van der Waals surface area contributed by atoms with E-state index in [9.17, 15) is 14.4 Å². The minimum absolute atomic E-state index is 0.0407. The minimum Gasteiger partial charge on any atom is -0.493 e. The molecule has 2 aromatic rings. The molecule has 0 saturated carbocycles. The van der Waals surface area contributed by atoms with Gasteiger partial charge in [0.15, 0.2) is 17.3 Å². The Kier molecular flexibility index (Phi) is 5.87. The van der Waals surface area contributed by atoms with E-state index in [4.69, 9.17) is 15.2 Å². The molecule has 4 rings (SSSR count). The molecule has 1 aliphatic carbocycles. The zero-order chi connectivity index (χ0) is 22.8. The number of carbonyl (C=O) groups excluding carboxylic acids is 1. The highest BCUT2D eigenvalue weighted by atomic mass is 19.1. The van der Waals surface area contributed by atoms with Gasteiger partial charge in [-0.2, -0.15) is 5.26 Å². The fraction of sp³-hybridized carbons (Fsp3) is 0.280. The molecule has 1 heterocycles. The minimum atomic E-state index is -0.543. The Bertz CT molecular complexity index is 1160. The lowest BCUT2D eigenvalue weighted by Crippen LogP contribution is -2.36. The van der Waals surface area contributed by atoms with Crippen LogP contribution >= 0.6 is 0 Å². The van der Waals surface area contributed by atoms with Crippen molar-refractivity contribution in [3.63, 3.8) is 0 Å². The molecule has 2 aliphatic rings. The molecule has 0 saturated heterocycles. The number of nitrogens with zero attached hydrogens (tertiary/aromatic N) is 2. The van der Waals surface area contributed by atoms with Gasteiger partial charge in [0, 0.05) is 24.7 Å². The summed E-state index contributed by atoms with van der Waals surface area (Å²) in [6, 6.07) is 13.7. The number of methoxy groups -OCH3 is 1. The second-order valence-corrected chi connectivity index (χ2v) is 7.87. The maximum Gasteiger partial charge on any atom is 0.161 e. The standard InChI is InChI=1S/C25H24FN3O3/c1-29-19-4-3-5-20(30)24(19)23(18(13-27)25(29)28)16-8-11-21(22(12-16)31-2)32-14-15-6-9-17(26)10-7-15/h6-12,23H,3-5,14,28H2,1-2H3/t23-/m0/s1. The van der Waals surface area contributed by atoms with Crippen LogP contribution in [0.4, 0.5) is 4.39 Å². The molecule has 0 fully saturated rings. The second kappa shape index (κ2) is 8.75. The average molecular weight is 433 g/mol. The molecule has 2 aromatic carbocycles. The monoisotopic (exact) mass is 433 g/mol. The van der Waals surface area contributed by atoms with Gasteiger partial charge in [0.25, 0.3) is 0 Å². The highest BCUT2D eigenvalue weighted by Crippen LogP contribution is 2.45. The molecule has 6 nitrogen and oxygen atoms in total. The van der Waals surface area contributed by atoms with E-state index in [1.54, 1.807) is 36.2 Å². The number of benzene rings is 2. The fourth-order valence-electron chi connectivity index (χ4n) is 4.32. The maximum absolute atomic E-state index is 13.1. The molecule has 164 valence electrons. The van der Waals surface area contributed by atoms with E-state index in [0.29, 0.717) is 34.9 Å². The molecule has 32 heavy (non-hydrogen) atoms. The topological polar surface area (TPSA) is 88.6 Å². The van der Waals surface area contributed by atoms with E-state index in [-0.39, 0.29) is 18.2 Å². The van der Waals surface area contributed by atoms with Crippen LogP contribution in [-0.4, -0.2) is 24.8 Å². The molecular weight excluding hydrogens is 409 g/mol. The van der Waals surface area contributed by atoms with Crippen LogP contribution in [-0.2, 0) is 11.4 Å². The van der Waals surface area contributed by atoms with E-state index >= 15 is 0 Å². The summed E-state index contributed by atoms with van der Waals surface area (Å²) in [7, 11) is 3.33. The van der Waals surface area contributed by atoms with Gasteiger partial charge in [0.05, 0.1) is 24.7 Å². The van der Waals surface area contributed by atoms with Crippen LogP contribution < -0.4 is 15.2 Å². The van der Waals surface area contributed by atoms with Crippen LogP contribution in [0.3, 0.4) is 0 Å². The SMILES string of the molecule is COc1cc([C@H]2C(C#N)=C(N)N(C)C3=C2C(=O)CCC3)ccc1OCc1ccc(F)cc1.